The molecule has 1 aromatic rings. The van der Waals surface area contributed by atoms with E-state index >= 15 is 0 Å². The van der Waals surface area contributed by atoms with Gasteiger partial charge in [-0.1, -0.05) is 26.0 Å². The van der Waals surface area contributed by atoms with E-state index in [0.29, 0.717) is 17.5 Å². The molecule has 2 amide bonds. The third-order valence-corrected chi connectivity index (χ3v) is 3.15. The van der Waals surface area contributed by atoms with Gasteiger partial charge in [-0.25, -0.2) is 0 Å². The first-order valence-electron chi connectivity index (χ1n) is 7.10. The van der Waals surface area contributed by atoms with E-state index < -0.39 is 24.0 Å². The van der Waals surface area contributed by atoms with Crippen LogP contribution in [0.5, 0.6) is 0 Å². The van der Waals surface area contributed by atoms with Crippen LogP contribution in [0.25, 0.3) is 0 Å². The number of nitriles is 1. The van der Waals surface area contributed by atoms with Gasteiger partial charge in [0.15, 0.2) is 0 Å². The minimum Gasteiger partial charge on any atom is -0.383 e. The predicted octanol–water partition coefficient (Wildman–Crippen LogP) is 0.478. The molecule has 0 fully saturated rings. The molecule has 0 aliphatic heterocycles. The summed E-state index contributed by atoms with van der Waals surface area (Å²) in [5.41, 5.74) is 6.48. The van der Waals surface area contributed by atoms with Crippen LogP contribution in [-0.2, 0) is 16.0 Å². The summed E-state index contributed by atoms with van der Waals surface area (Å²) in [5.74, 6) is -1.15. The van der Waals surface area contributed by atoms with Crippen LogP contribution in [0.4, 0.5) is 0 Å². The maximum atomic E-state index is 11.9. The second-order valence-corrected chi connectivity index (χ2v) is 5.63. The van der Waals surface area contributed by atoms with Gasteiger partial charge in [0.2, 0.25) is 11.8 Å². The minimum atomic E-state index is -1.17. The molecule has 0 saturated heterocycles. The van der Waals surface area contributed by atoms with E-state index in [0.717, 1.165) is 0 Å². The lowest BCUT2D eigenvalue weighted by Gasteiger charge is -2.19. The zero-order valence-corrected chi connectivity index (χ0v) is 12.7. The van der Waals surface area contributed by atoms with Crippen molar-refractivity contribution in [2.75, 3.05) is 0 Å². The van der Waals surface area contributed by atoms with Gasteiger partial charge in [0.25, 0.3) is 0 Å². The van der Waals surface area contributed by atoms with Gasteiger partial charge in [-0.3, -0.25) is 9.59 Å². The number of aliphatic hydroxyl groups excluding tert-OH is 1. The molecule has 0 spiro atoms. The van der Waals surface area contributed by atoms with Crippen molar-refractivity contribution >= 4 is 11.8 Å². The Balaban J connectivity index is 2.76. The summed E-state index contributed by atoms with van der Waals surface area (Å²) in [6.07, 6.45) is -0.695. The van der Waals surface area contributed by atoms with Crippen LogP contribution in [0.3, 0.4) is 0 Å². The number of nitrogens with one attached hydrogen (secondary N) is 1. The molecule has 0 heterocycles. The topological polar surface area (TPSA) is 116 Å². The Labute approximate surface area is 129 Å². The maximum absolute atomic E-state index is 11.9. The molecule has 6 heteroatoms. The number of primary amides is 1. The summed E-state index contributed by atoms with van der Waals surface area (Å²) >= 11 is 0. The first-order chi connectivity index (χ1) is 10.3. The monoisotopic (exact) mass is 303 g/mol. The Bertz CT molecular complexity index is 578. The van der Waals surface area contributed by atoms with E-state index in [1.807, 2.05) is 19.9 Å². The van der Waals surface area contributed by atoms with Gasteiger partial charge in [0.1, 0.15) is 12.1 Å². The highest BCUT2D eigenvalue weighted by Gasteiger charge is 2.23. The molecule has 0 unspecified atom stereocenters. The van der Waals surface area contributed by atoms with Gasteiger partial charge in [-0.15, -0.1) is 0 Å². The van der Waals surface area contributed by atoms with E-state index in [9.17, 15) is 14.7 Å². The van der Waals surface area contributed by atoms with Crippen molar-refractivity contribution < 1.29 is 14.7 Å². The number of aliphatic hydroxyl groups is 1. The lowest BCUT2D eigenvalue weighted by Crippen LogP contribution is -2.49. The molecule has 0 aromatic heterocycles. The summed E-state index contributed by atoms with van der Waals surface area (Å²) in [6, 6.07) is 7.80. The predicted molar refractivity (Wildman–Crippen MR) is 81.4 cm³/mol. The molecule has 0 saturated carbocycles. The molecular formula is C16H21N3O3. The van der Waals surface area contributed by atoms with Crippen LogP contribution in [0, 0.1) is 17.2 Å². The molecule has 118 valence electrons. The van der Waals surface area contributed by atoms with Crippen LogP contribution < -0.4 is 11.1 Å². The van der Waals surface area contributed by atoms with E-state index in [-0.39, 0.29) is 12.3 Å². The van der Waals surface area contributed by atoms with Crippen LogP contribution >= 0.6 is 0 Å². The van der Waals surface area contributed by atoms with Crippen molar-refractivity contribution in [3.05, 3.63) is 35.4 Å². The molecule has 0 bridgehead atoms. The molecule has 1 rings (SSSR count). The Kier molecular flexibility index (Phi) is 6.54. The lowest BCUT2D eigenvalue weighted by atomic mass is 10.0. The normalized spacial score (nSPS) is 13.2. The molecule has 4 N–H and O–H groups in total. The highest BCUT2D eigenvalue weighted by Crippen LogP contribution is 2.09. The van der Waals surface area contributed by atoms with Crippen LogP contribution in [0.2, 0.25) is 0 Å². The Morgan fingerprint density at radius 3 is 2.64 bits per heavy atom. The van der Waals surface area contributed by atoms with E-state index in [4.69, 9.17) is 11.0 Å². The first-order valence-corrected chi connectivity index (χ1v) is 7.10. The largest absolute Gasteiger partial charge is 0.383 e. The van der Waals surface area contributed by atoms with E-state index in [2.05, 4.69) is 5.32 Å². The van der Waals surface area contributed by atoms with Crippen molar-refractivity contribution in [2.45, 2.75) is 38.8 Å². The number of nitrogens with two attached hydrogens (primary N) is 1. The summed E-state index contributed by atoms with van der Waals surface area (Å²) < 4.78 is 0. The molecule has 0 aliphatic carbocycles. The van der Waals surface area contributed by atoms with Crippen molar-refractivity contribution in [3.8, 4) is 6.07 Å². The summed E-state index contributed by atoms with van der Waals surface area (Å²) in [4.78, 5) is 23.4. The van der Waals surface area contributed by atoms with Crippen LogP contribution in [0.1, 0.15) is 31.4 Å². The number of carbonyl (C=O) groups is 2. The lowest BCUT2D eigenvalue weighted by molar-refractivity contribution is -0.133. The van der Waals surface area contributed by atoms with Crippen LogP contribution in [-0.4, -0.2) is 29.1 Å². The van der Waals surface area contributed by atoms with Gasteiger partial charge in [0.05, 0.1) is 11.6 Å². The SMILES string of the molecule is CC(C)C[C@@H](O)C(=O)N[C@@H](Cc1cccc(C#N)c1)C(N)=O. The van der Waals surface area contributed by atoms with Gasteiger partial charge in [-0.2, -0.15) is 5.26 Å². The maximum Gasteiger partial charge on any atom is 0.249 e. The molecule has 22 heavy (non-hydrogen) atoms. The van der Waals surface area contributed by atoms with Crippen molar-refractivity contribution in [2.24, 2.45) is 11.7 Å². The van der Waals surface area contributed by atoms with E-state index in [1.165, 1.54) is 0 Å². The number of rotatable bonds is 7. The average molecular weight is 303 g/mol. The van der Waals surface area contributed by atoms with Crippen LogP contribution in [0.15, 0.2) is 24.3 Å². The zero-order valence-electron chi connectivity index (χ0n) is 12.7. The summed E-state index contributed by atoms with van der Waals surface area (Å²) in [7, 11) is 0. The molecule has 6 nitrogen and oxygen atoms in total. The second-order valence-electron chi connectivity index (χ2n) is 5.63. The van der Waals surface area contributed by atoms with Crippen molar-refractivity contribution in [1.82, 2.24) is 5.32 Å². The quantitative estimate of drug-likeness (QED) is 0.679. The molecule has 1 aromatic carbocycles. The number of benzene rings is 1. The second kappa shape index (κ2) is 8.15. The minimum absolute atomic E-state index is 0.153. The zero-order chi connectivity index (χ0) is 16.7. The Morgan fingerprint density at radius 2 is 2.09 bits per heavy atom. The average Bonchev–Trinajstić information content (AvgIpc) is 2.45. The smallest absolute Gasteiger partial charge is 0.249 e. The van der Waals surface area contributed by atoms with Gasteiger partial charge >= 0.3 is 0 Å². The highest BCUT2D eigenvalue weighted by atomic mass is 16.3. The number of nitrogens with zero attached hydrogens (tertiary/aromatic N) is 1. The fourth-order valence-corrected chi connectivity index (χ4v) is 2.05. The standard InChI is InChI=1S/C16H21N3O3/c1-10(2)6-14(20)16(22)19-13(15(18)21)8-11-4-3-5-12(7-11)9-17/h3-5,7,10,13-14,20H,6,8H2,1-2H3,(H2,18,21)(H,19,22)/t13-,14+/m0/s1. The molecular weight excluding hydrogens is 282 g/mol. The third-order valence-electron chi connectivity index (χ3n) is 3.15. The number of carbonyl (C=O) groups excluding carboxylic acids is 2. The Hall–Kier alpha value is -2.39. The van der Waals surface area contributed by atoms with Gasteiger partial charge in [-0.05, 0) is 30.0 Å². The Morgan fingerprint density at radius 1 is 1.41 bits per heavy atom. The fourth-order valence-electron chi connectivity index (χ4n) is 2.05. The van der Waals surface area contributed by atoms with Crippen molar-refractivity contribution in [3.63, 3.8) is 0 Å². The van der Waals surface area contributed by atoms with Gasteiger partial charge in [0, 0.05) is 6.42 Å². The molecule has 2 atom stereocenters. The fraction of sp³-hybridized carbons (Fsp3) is 0.438. The summed E-state index contributed by atoms with van der Waals surface area (Å²) in [5, 5.41) is 21.1. The third kappa shape index (κ3) is 5.54. The number of amides is 2. The molecule has 0 aliphatic rings. The van der Waals surface area contributed by atoms with Crippen molar-refractivity contribution in [1.29, 1.82) is 5.26 Å². The summed E-state index contributed by atoms with van der Waals surface area (Å²) in [6.45, 7) is 3.77. The van der Waals surface area contributed by atoms with Gasteiger partial charge < -0.3 is 16.2 Å². The first kappa shape index (κ1) is 17.7. The number of hydrogen-bond acceptors (Lipinski definition) is 4. The highest BCUT2D eigenvalue weighted by molar-refractivity contribution is 5.88. The molecule has 0 radical (unpaired) electrons. The number of hydrogen-bond donors (Lipinski definition) is 3. The van der Waals surface area contributed by atoms with E-state index in [1.54, 1.807) is 24.3 Å².